The van der Waals surface area contributed by atoms with Crippen LogP contribution in [-0.2, 0) is 0 Å². The first kappa shape index (κ1) is 19.2. The molecule has 2 heterocycles. The zero-order chi connectivity index (χ0) is 21.4. The molecule has 0 atom stereocenters. The summed E-state index contributed by atoms with van der Waals surface area (Å²) in [6.45, 7) is 3.64. The summed E-state index contributed by atoms with van der Waals surface area (Å²) in [5.41, 5.74) is 2.63. The highest BCUT2D eigenvalue weighted by Gasteiger charge is 2.21. The Balaban J connectivity index is 1.78. The van der Waals surface area contributed by atoms with Crippen molar-refractivity contribution in [1.82, 2.24) is 10.1 Å². The van der Waals surface area contributed by atoms with Gasteiger partial charge < -0.3 is 9.84 Å². The predicted molar refractivity (Wildman–Crippen MR) is 108 cm³/mol. The Morgan fingerprint density at radius 1 is 1.13 bits per heavy atom. The van der Waals surface area contributed by atoms with Gasteiger partial charge in [0.1, 0.15) is 0 Å². The lowest BCUT2D eigenvalue weighted by molar-refractivity contribution is -0.387. The van der Waals surface area contributed by atoms with E-state index in [1.165, 1.54) is 6.07 Å². The lowest BCUT2D eigenvalue weighted by Crippen LogP contribution is -2.13. The summed E-state index contributed by atoms with van der Waals surface area (Å²) >= 11 is 0. The van der Waals surface area contributed by atoms with Crippen molar-refractivity contribution in [2.45, 2.75) is 13.8 Å². The van der Waals surface area contributed by atoms with Crippen LogP contribution in [0.15, 0.2) is 53.1 Å². The summed E-state index contributed by atoms with van der Waals surface area (Å²) in [6, 6.07) is 12.3. The molecule has 30 heavy (non-hydrogen) atoms. The van der Waals surface area contributed by atoms with E-state index < -0.39 is 22.3 Å². The van der Waals surface area contributed by atoms with Crippen molar-refractivity contribution in [2.24, 2.45) is 0 Å². The first-order chi connectivity index (χ1) is 14.3. The van der Waals surface area contributed by atoms with Gasteiger partial charge in [-0.15, -0.1) is 0 Å². The predicted octanol–water partition coefficient (Wildman–Crippen LogP) is 4.81. The van der Waals surface area contributed by atoms with Crippen LogP contribution < -0.4 is 5.32 Å². The normalized spacial score (nSPS) is 10.9. The summed E-state index contributed by atoms with van der Waals surface area (Å²) in [5.74, 6) is -1.54. The van der Waals surface area contributed by atoms with Gasteiger partial charge in [0.05, 0.1) is 27.3 Å². The summed E-state index contributed by atoms with van der Waals surface area (Å²) in [7, 11) is 0. The van der Waals surface area contributed by atoms with Gasteiger partial charge in [-0.25, -0.2) is 4.98 Å². The van der Waals surface area contributed by atoms with Crippen molar-refractivity contribution in [2.75, 3.05) is 5.32 Å². The molecule has 0 fully saturated rings. The van der Waals surface area contributed by atoms with Gasteiger partial charge in [-0.05, 0) is 32.0 Å². The number of hydrogen-bond donors (Lipinski definition) is 1. The first-order valence-corrected chi connectivity index (χ1v) is 8.93. The number of halogens is 1. The Labute approximate surface area is 169 Å². The maximum atomic E-state index is 13.6. The minimum absolute atomic E-state index is 0.0871. The second-order valence-electron chi connectivity index (χ2n) is 6.75. The van der Waals surface area contributed by atoms with E-state index in [-0.39, 0.29) is 17.0 Å². The minimum Gasteiger partial charge on any atom is -0.335 e. The molecular weight excluding hydrogens is 391 g/mol. The zero-order valence-electron chi connectivity index (χ0n) is 16.0. The summed E-state index contributed by atoms with van der Waals surface area (Å²) in [5, 5.41) is 17.9. The molecule has 2 aromatic carbocycles. The monoisotopic (exact) mass is 406 g/mol. The topological polar surface area (TPSA) is 111 Å². The average Bonchev–Trinajstić information content (AvgIpc) is 3.10. The third kappa shape index (κ3) is 3.48. The summed E-state index contributed by atoms with van der Waals surface area (Å²) in [6.07, 6.45) is 0. The van der Waals surface area contributed by atoms with Gasteiger partial charge in [-0.1, -0.05) is 35.0 Å². The number of benzene rings is 2. The number of aryl methyl sites for hydroxylation is 2. The van der Waals surface area contributed by atoms with Gasteiger partial charge >= 0.3 is 5.69 Å². The maximum absolute atomic E-state index is 13.6. The van der Waals surface area contributed by atoms with Crippen LogP contribution in [-0.4, -0.2) is 21.0 Å². The van der Waals surface area contributed by atoms with Crippen LogP contribution in [0.1, 0.15) is 21.6 Å². The Hall–Kier alpha value is -4.14. The third-order valence-electron chi connectivity index (χ3n) is 4.61. The van der Waals surface area contributed by atoms with E-state index in [0.29, 0.717) is 16.8 Å². The first-order valence-electron chi connectivity index (χ1n) is 8.93. The van der Waals surface area contributed by atoms with Gasteiger partial charge in [-0.2, -0.15) is 4.39 Å². The van der Waals surface area contributed by atoms with Crippen molar-refractivity contribution >= 4 is 28.4 Å². The number of nitro benzene ring substituents is 1. The molecule has 9 heteroatoms. The quantitative estimate of drug-likeness (QED) is 0.385. The van der Waals surface area contributed by atoms with E-state index in [1.807, 2.05) is 31.2 Å². The Morgan fingerprint density at radius 3 is 2.57 bits per heavy atom. The van der Waals surface area contributed by atoms with E-state index in [2.05, 4.69) is 15.5 Å². The van der Waals surface area contributed by atoms with Crippen molar-refractivity contribution < 1.29 is 18.6 Å². The number of aromatic nitrogens is 2. The molecule has 0 spiro atoms. The molecule has 4 aromatic rings. The Kier molecular flexibility index (Phi) is 4.71. The fraction of sp³-hybridized carbons (Fsp3) is 0.0952. The number of rotatable bonds is 4. The van der Waals surface area contributed by atoms with Gasteiger partial charge in [0.25, 0.3) is 11.6 Å². The molecule has 0 radical (unpaired) electrons. The van der Waals surface area contributed by atoms with Crippen molar-refractivity contribution in [3.05, 3.63) is 81.3 Å². The van der Waals surface area contributed by atoms with Crippen LogP contribution in [0, 0.1) is 29.8 Å². The second kappa shape index (κ2) is 7.36. The summed E-state index contributed by atoms with van der Waals surface area (Å²) in [4.78, 5) is 27.6. The number of carbonyl (C=O) groups excluding carboxylic acids is 1. The Morgan fingerprint density at radius 2 is 1.87 bits per heavy atom. The number of hydrogen-bond acceptors (Lipinski definition) is 6. The smallest absolute Gasteiger partial charge is 0.306 e. The van der Waals surface area contributed by atoms with E-state index in [9.17, 15) is 19.3 Å². The Bertz CT molecular complexity index is 1300. The molecule has 4 rings (SSSR count). The number of nitrogens with one attached hydrogen (secondary N) is 1. The largest absolute Gasteiger partial charge is 0.335 e. The van der Waals surface area contributed by atoms with Crippen LogP contribution in [0.4, 0.5) is 15.8 Å². The highest BCUT2D eigenvalue weighted by atomic mass is 19.1. The van der Waals surface area contributed by atoms with E-state index in [4.69, 9.17) is 4.52 Å². The van der Waals surface area contributed by atoms with E-state index in [1.54, 1.807) is 13.0 Å². The lowest BCUT2D eigenvalue weighted by atomic mass is 10.0. The van der Waals surface area contributed by atoms with Gasteiger partial charge in [0.15, 0.2) is 0 Å². The molecule has 150 valence electrons. The SMILES string of the molecule is Cc1ccc(-c2cc(C(=O)Nc3ccc(F)c([N+](=O)[O-])c3)c3c(C)noc3n2)cc1. The fourth-order valence-electron chi connectivity index (χ4n) is 3.07. The molecule has 0 unspecified atom stereocenters. The molecule has 8 nitrogen and oxygen atoms in total. The van der Waals surface area contributed by atoms with Crippen LogP contribution >= 0.6 is 0 Å². The van der Waals surface area contributed by atoms with Crippen LogP contribution in [0.2, 0.25) is 0 Å². The second-order valence-corrected chi connectivity index (χ2v) is 6.75. The van der Waals surface area contributed by atoms with E-state index in [0.717, 1.165) is 23.3 Å². The van der Waals surface area contributed by atoms with Gasteiger partial charge in [0, 0.05) is 17.3 Å². The molecule has 0 saturated heterocycles. The standard InChI is InChI=1S/C21H15FN4O4/c1-11-3-5-13(6-4-11)17-10-15(19-12(2)25-30-21(19)24-17)20(27)23-14-7-8-16(22)18(9-14)26(28)29/h3-10H,1-2H3,(H,23,27). The number of nitrogens with zero attached hydrogens (tertiary/aromatic N) is 3. The summed E-state index contributed by atoms with van der Waals surface area (Å²) < 4.78 is 18.8. The number of amides is 1. The molecule has 0 saturated carbocycles. The van der Waals surface area contributed by atoms with E-state index >= 15 is 0 Å². The molecule has 0 bridgehead atoms. The molecule has 1 N–H and O–H groups in total. The minimum atomic E-state index is -0.985. The van der Waals surface area contributed by atoms with Crippen molar-refractivity contribution in [3.8, 4) is 11.3 Å². The van der Waals surface area contributed by atoms with Gasteiger partial charge in [-0.3, -0.25) is 14.9 Å². The van der Waals surface area contributed by atoms with Crippen molar-refractivity contribution in [3.63, 3.8) is 0 Å². The van der Waals surface area contributed by atoms with Gasteiger partial charge in [0.2, 0.25) is 5.82 Å². The van der Waals surface area contributed by atoms with Crippen molar-refractivity contribution in [1.29, 1.82) is 0 Å². The fourth-order valence-corrected chi connectivity index (χ4v) is 3.07. The molecular formula is C21H15FN4O4. The number of anilines is 1. The maximum Gasteiger partial charge on any atom is 0.306 e. The average molecular weight is 406 g/mol. The molecule has 1 amide bonds. The highest BCUT2D eigenvalue weighted by Crippen LogP contribution is 2.28. The number of carbonyl (C=O) groups is 1. The molecule has 0 aliphatic carbocycles. The van der Waals surface area contributed by atoms with Crippen LogP contribution in [0.5, 0.6) is 0 Å². The highest BCUT2D eigenvalue weighted by molar-refractivity contribution is 6.13. The van der Waals surface area contributed by atoms with Crippen LogP contribution in [0.25, 0.3) is 22.4 Å². The number of fused-ring (bicyclic) bond motifs is 1. The zero-order valence-corrected chi connectivity index (χ0v) is 16.0. The lowest BCUT2D eigenvalue weighted by Gasteiger charge is -2.09. The third-order valence-corrected chi connectivity index (χ3v) is 4.61. The number of pyridine rings is 1. The molecule has 0 aliphatic heterocycles. The molecule has 2 aromatic heterocycles. The molecule has 0 aliphatic rings. The number of nitro groups is 1. The van der Waals surface area contributed by atoms with Crippen LogP contribution in [0.3, 0.4) is 0 Å².